The van der Waals surface area contributed by atoms with Crippen LogP contribution in [0.4, 0.5) is 0 Å². The van der Waals surface area contributed by atoms with Crippen molar-refractivity contribution in [2.45, 2.75) is 25.4 Å². The molecular formula is C18H14Br2N2O2. The zero-order chi connectivity index (χ0) is 17.5. The molecule has 0 aliphatic heterocycles. The third kappa shape index (κ3) is 4.99. The van der Waals surface area contributed by atoms with Gasteiger partial charge in [0.1, 0.15) is 11.5 Å². The van der Waals surface area contributed by atoms with E-state index in [4.69, 9.17) is 20.4 Å². The molecule has 0 radical (unpaired) electrons. The van der Waals surface area contributed by atoms with Crippen LogP contribution in [0, 0.1) is 22.7 Å². The van der Waals surface area contributed by atoms with Gasteiger partial charge in [-0.25, -0.2) is 0 Å². The number of phenols is 1. The zero-order valence-corrected chi connectivity index (χ0v) is 15.8. The molecule has 0 amide bonds. The van der Waals surface area contributed by atoms with Crippen LogP contribution < -0.4 is 4.74 Å². The number of benzene rings is 2. The van der Waals surface area contributed by atoms with Crippen LogP contribution in [0.1, 0.15) is 30.4 Å². The molecule has 6 heteroatoms. The predicted octanol–water partition coefficient (Wildman–Crippen LogP) is 5.28. The Morgan fingerprint density at radius 1 is 0.958 bits per heavy atom. The van der Waals surface area contributed by atoms with Gasteiger partial charge in [-0.15, -0.1) is 0 Å². The van der Waals surface area contributed by atoms with E-state index >= 15 is 0 Å². The molecule has 24 heavy (non-hydrogen) atoms. The molecule has 2 aromatic carbocycles. The van der Waals surface area contributed by atoms with Gasteiger partial charge in [0.05, 0.1) is 38.3 Å². The lowest BCUT2D eigenvalue weighted by molar-refractivity contribution is 0.119. The number of halogens is 2. The van der Waals surface area contributed by atoms with Crippen molar-refractivity contribution in [1.82, 2.24) is 0 Å². The van der Waals surface area contributed by atoms with Crippen molar-refractivity contribution < 1.29 is 9.84 Å². The first-order chi connectivity index (χ1) is 11.5. The number of rotatable bonds is 2. The molecule has 0 saturated heterocycles. The van der Waals surface area contributed by atoms with Crippen molar-refractivity contribution in [3.63, 3.8) is 0 Å². The molecule has 1 aliphatic carbocycles. The normalized spacial score (nSPS) is 12.8. The predicted molar refractivity (Wildman–Crippen MR) is 97.6 cm³/mol. The van der Waals surface area contributed by atoms with Gasteiger partial charge in [0.2, 0.25) is 0 Å². The van der Waals surface area contributed by atoms with Crippen molar-refractivity contribution in [3.05, 3.63) is 56.5 Å². The highest BCUT2D eigenvalue weighted by molar-refractivity contribution is 9.10. The van der Waals surface area contributed by atoms with Gasteiger partial charge in [-0.3, -0.25) is 0 Å². The van der Waals surface area contributed by atoms with Crippen LogP contribution in [-0.2, 0) is 0 Å². The smallest absolute Gasteiger partial charge is 0.133 e. The van der Waals surface area contributed by atoms with Crippen molar-refractivity contribution in [2.75, 3.05) is 0 Å². The molecule has 0 atom stereocenters. The molecule has 0 aromatic heterocycles. The first-order valence-corrected chi connectivity index (χ1v) is 8.87. The van der Waals surface area contributed by atoms with Crippen LogP contribution in [-0.4, -0.2) is 11.2 Å². The van der Waals surface area contributed by atoms with Crippen LogP contribution in [0.15, 0.2) is 45.3 Å². The Bertz CT molecular complexity index is 806. The summed E-state index contributed by atoms with van der Waals surface area (Å²) in [5.74, 6) is 0.993. The average Bonchev–Trinajstić information content (AvgIpc) is 2.55. The largest absolute Gasteiger partial charge is 0.507 e. The fourth-order valence-electron chi connectivity index (χ4n) is 1.91. The second-order valence-electron chi connectivity index (χ2n) is 5.21. The summed E-state index contributed by atoms with van der Waals surface area (Å²) in [4.78, 5) is 0. The third-order valence-electron chi connectivity index (χ3n) is 3.48. The number of phenolic OH excluding ortho intramolecular Hbond substituents is 1. The van der Waals surface area contributed by atoms with Crippen LogP contribution >= 0.6 is 31.9 Å². The van der Waals surface area contributed by atoms with Crippen molar-refractivity contribution in [2.24, 2.45) is 0 Å². The summed E-state index contributed by atoms with van der Waals surface area (Å²) < 4.78 is 7.14. The van der Waals surface area contributed by atoms with Crippen LogP contribution in [0.5, 0.6) is 11.5 Å². The molecular weight excluding hydrogens is 436 g/mol. The number of hydrogen-bond acceptors (Lipinski definition) is 4. The summed E-state index contributed by atoms with van der Waals surface area (Å²) in [6, 6.07) is 14.1. The Balaban J connectivity index is 0.000000185. The quantitative estimate of drug-likeness (QED) is 0.676. The van der Waals surface area contributed by atoms with Gasteiger partial charge < -0.3 is 9.84 Å². The highest BCUT2D eigenvalue weighted by Crippen LogP contribution is 2.31. The summed E-state index contributed by atoms with van der Waals surface area (Å²) in [5.41, 5.74) is 1.18. The van der Waals surface area contributed by atoms with Gasteiger partial charge >= 0.3 is 0 Å². The molecule has 0 spiro atoms. The van der Waals surface area contributed by atoms with E-state index in [1.807, 2.05) is 12.1 Å². The Kier molecular flexibility index (Phi) is 6.66. The first-order valence-electron chi connectivity index (χ1n) is 7.28. The molecule has 1 aliphatic rings. The maximum atomic E-state index is 8.98. The van der Waals surface area contributed by atoms with Gasteiger partial charge in [-0.1, -0.05) is 0 Å². The maximum absolute atomic E-state index is 8.98. The molecule has 1 saturated carbocycles. The van der Waals surface area contributed by atoms with E-state index in [0.717, 1.165) is 23.1 Å². The van der Waals surface area contributed by atoms with Gasteiger partial charge in [-0.2, -0.15) is 10.5 Å². The van der Waals surface area contributed by atoms with Crippen molar-refractivity contribution >= 4 is 31.9 Å². The molecule has 0 unspecified atom stereocenters. The summed E-state index contributed by atoms with van der Waals surface area (Å²) in [6.07, 6.45) is 3.93. The number of ether oxygens (including phenoxy) is 1. The summed E-state index contributed by atoms with van der Waals surface area (Å²) in [7, 11) is 0. The van der Waals surface area contributed by atoms with Gasteiger partial charge in [0.25, 0.3) is 0 Å². The van der Waals surface area contributed by atoms with E-state index in [1.54, 1.807) is 24.3 Å². The van der Waals surface area contributed by atoms with E-state index in [0.29, 0.717) is 21.7 Å². The van der Waals surface area contributed by atoms with Crippen molar-refractivity contribution in [1.29, 1.82) is 10.5 Å². The Labute approximate surface area is 157 Å². The second-order valence-corrected chi connectivity index (χ2v) is 6.91. The molecule has 122 valence electrons. The van der Waals surface area contributed by atoms with E-state index < -0.39 is 0 Å². The topological polar surface area (TPSA) is 77.0 Å². The molecule has 1 N–H and O–H groups in total. The number of nitriles is 2. The van der Waals surface area contributed by atoms with Gasteiger partial charge in [-0.05, 0) is 87.5 Å². The highest BCUT2D eigenvalue weighted by Gasteiger charge is 2.19. The molecule has 2 aromatic rings. The minimum absolute atomic E-state index is 0.152. The van der Waals surface area contributed by atoms with E-state index in [2.05, 4.69) is 37.9 Å². The summed E-state index contributed by atoms with van der Waals surface area (Å²) in [6.45, 7) is 0. The second kappa shape index (κ2) is 8.73. The fraction of sp³-hybridized carbons (Fsp3) is 0.222. The maximum Gasteiger partial charge on any atom is 0.133 e. The van der Waals surface area contributed by atoms with Crippen LogP contribution in [0.2, 0.25) is 0 Å². The molecule has 0 heterocycles. The van der Waals surface area contributed by atoms with Gasteiger partial charge in [0, 0.05) is 0 Å². The average molecular weight is 450 g/mol. The monoisotopic (exact) mass is 448 g/mol. The third-order valence-corrected chi connectivity index (χ3v) is 4.74. The lowest BCUT2D eigenvalue weighted by atomic mass is 9.96. The lowest BCUT2D eigenvalue weighted by Gasteiger charge is -2.26. The summed E-state index contributed by atoms with van der Waals surface area (Å²) in [5, 5.41) is 26.1. The van der Waals surface area contributed by atoms with Gasteiger partial charge in [0.15, 0.2) is 0 Å². The van der Waals surface area contributed by atoms with Crippen LogP contribution in [0.3, 0.4) is 0 Å². The zero-order valence-electron chi connectivity index (χ0n) is 12.7. The Hall–Kier alpha value is -2.02. The fourth-order valence-corrected chi connectivity index (χ4v) is 2.76. The number of hydrogen-bond donors (Lipinski definition) is 1. The first kappa shape index (κ1) is 18.3. The van der Waals surface area contributed by atoms with Crippen molar-refractivity contribution in [3.8, 4) is 23.6 Å². The van der Waals surface area contributed by atoms with Crippen LogP contribution in [0.25, 0.3) is 0 Å². The highest BCUT2D eigenvalue weighted by atomic mass is 79.9. The van der Waals surface area contributed by atoms with E-state index in [1.165, 1.54) is 12.5 Å². The molecule has 4 nitrogen and oxygen atoms in total. The molecule has 1 fully saturated rings. The Morgan fingerprint density at radius 3 is 2.00 bits per heavy atom. The van der Waals surface area contributed by atoms with E-state index in [-0.39, 0.29) is 5.75 Å². The standard InChI is InChI=1S/C11H10BrNO.C7H4BrNO/c12-10-6-8(7-13)4-5-11(10)14-9-2-1-3-9;8-6-3-5(4-9)1-2-7(6)10/h4-6,9H,1-3H2;1-3,10H. The lowest BCUT2D eigenvalue weighted by Crippen LogP contribution is -2.24. The number of aromatic hydroxyl groups is 1. The summed E-state index contributed by atoms with van der Waals surface area (Å²) >= 11 is 6.48. The minimum atomic E-state index is 0.152. The minimum Gasteiger partial charge on any atom is -0.507 e. The molecule has 0 bridgehead atoms. The number of nitrogens with zero attached hydrogens (tertiary/aromatic N) is 2. The molecule has 3 rings (SSSR count). The Morgan fingerprint density at radius 2 is 1.54 bits per heavy atom. The SMILES string of the molecule is N#Cc1ccc(O)c(Br)c1.N#Cc1ccc(OC2CCC2)c(Br)c1. The van der Waals surface area contributed by atoms with E-state index in [9.17, 15) is 0 Å².